The molecule has 4 rings (SSSR count). The number of carbonyl (C=O) groups is 2. The molecule has 3 nitrogen and oxygen atoms in total. The molecule has 0 saturated heterocycles. The molecule has 1 spiro atoms. The third kappa shape index (κ3) is 1.80. The first-order valence-corrected chi connectivity index (χ1v) is 9.45. The van der Waals surface area contributed by atoms with Gasteiger partial charge in [0.1, 0.15) is 12.1 Å². The molecular formula is C20H30O3. The molecule has 0 unspecified atom stereocenters. The standard InChI is InChI=1S/C20H30O3/c1-17(12-21)6-3-7-18(2)14(17)4-8-19-10-16(23)20(11-19,13-22)9-5-15(18)19/h12,14-15,22H,3-11,13H2,1-2H3/t14-,15-,17+,18-,19+,20+/m1/s1. The lowest BCUT2D eigenvalue weighted by Crippen LogP contribution is -2.57. The highest BCUT2D eigenvalue weighted by Gasteiger charge is 2.68. The zero-order valence-corrected chi connectivity index (χ0v) is 14.6. The number of ketones is 1. The number of Topliss-reactive ketones (excluding diaryl/α,β-unsaturated/α-hetero) is 1. The number of rotatable bonds is 2. The summed E-state index contributed by atoms with van der Waals surface area (Å²) < 4.78 is 0. The number of aldehydes is 1. The molecule has 0 aliphatic heterocycles. The molecule has 0 amide bonds. The average molecular weight is 318 g/mol. The molecule has 4 aliphatic rings. The van der Waals surface area contributed by atoms with Gasteiger partial charge in [-0.25, -0.2) is 0 Å². The van der Waals surface area contributed by atoms with E-state index in [1.165, 1.54) is 12.7 Å². The first kappa shape index (κ1) is 15.8. The van der Waals surface area contributed by atoms with Gasteiger partial charge in [0.05, 0.1) is 12.0 Å². The fourth-order valence-corrected chi connectivity index (χ4v) is 7.75. The van der Waals surface area contributed by atoms with Gasteiger partial charge >= 0.3 is 0 Å². The summed E-state index contributed by atoms with van der Waals surface area (Å²) in [4.78, 5) is 24.5. The summed E-state index contributed by atoms with van der Waals surface area (Å²) in [7, 11) is 0. The smallest absolute Gasteiger partial charge is 0.141 e. The van der Waals surface area contributed by atoms with Crippen LogP contribution < -0.4 is 0 Å². The van der Waals surface area contributed by atoms with Crippen LogP contribution in [0, 0.1) is 33.5 Å². The number of aliphatic hydroxyl groups is 1. The Hall–Kier alpha value is -0.700. The maximum absolute atomic E-state index is 12.7. The highest BCUT2D eigenvalue weighted by atomic mass is 16.3. The molecule has 0 radical (unpaired) electrons. The molecule has 6 atom stereocenters. The lowest BCUT2D eigenvalue weighted by atomic mass is 9.40. The van der Waals surface area contributed by atoms with E-state index in [9.17, 15) is 14.7 Å². The van der Waals surface area contributed by atoms with Crippen LogP contribution in [0.2, 0.25) is 0 Å². The number of hydrogen-bond donors (Lipinski definition) is 1. The van der Waals surface area contributed by atoms with Gasteiger partial charge in [0.15, 0.2) is 0 Å². The molecular weight excluding hydrogens is 288 g/mol. The van der Waals surface area contributed by atoms with Crippen molar-refractivity contribution in [2.24, 2.45) is 33.5 Å². The molecule has 3 heteroatoms. The maximum Gasteiger partial charge on any atom is 0.141 e. The van der Waals surface area contributed by atoms with Gasteiger partial charge < -0.3 is 9.90 Å². The molecule has 4 aliphatic carbocycles. The van der Waals surface area contributed by atoms with Gasteiger partial charge in [0.2, 0.25) is 0 Å². The van der Waals surface area contributed by atoms with Crippen LogP contribution in [0.3, 0.4) is 0 Å². The van der Waals surface area contributed by atoms with Crippen molar-refractivity contribution in [2.45, 2.75) is 71.6 Å². The van der Waals surface area contributed by atoms with Gasteiger partial charge in [0.25, 0.3) is 0 Å². The first-order chi connectivity index (χ1) is 10.8. The maximum atomic E-state index is 12.7. The Labute approximate surface area is 139 Å². The van der Waals surface area contributed by atoms with Crippen molar-refractivity contribution in [3.8, 4) is 0 Å². The molecule has 4 fully saturated rings. The third-order valence-corrected chi connectivity index (χ3v) is 8.77. The van der Waals surface area contributed by atoms with Crippen LogP contribution in [-0.2, 0) is 9.59 Å². The van der Waals surface area contributed by atoms with E-state index in [0.717, 1.165) is 44.9 Å². The van der Waals surface area contributed by atoms with Crippen LogP contribution in [0.25, 0.3) is 0 Å². The fraction of sp³-hybridized carbons (Fsp3) is 0.900. The van der Waals surface area contributed by atoms with Crippen molar-refractivity contribution in [2.75, 3.05) is 6.61 Å². The van der Waals surface area contributed by atoms with Crippen molar-refractivity contribution in [1.82, 2.24) is 0 Å². The molecule has 0 heterocycles. The van der Waals surface area contributed by atoms with Crippen molar-refractivity contribution in [3.63, 3.8) is 0 Å². The second kappa shape index (κ2) is 4.68. The van der Waals surface area contributed by atoms with E-state index >= 15 is 0 Å². The van der Waals surface area contributed by atoms with Gasteiger partial charge in [-0.15, -0.1) is 0 Å². The predicted octanol–water partition coefficient (Wildman–Crippen LogP) is 3.53. The molecule has 4 saturated carbocycles. The molecule has 2 bridgehead atoms. The Morgan fingerprint density at radius 3 is 2.57 bits per heavy atom. The molecule has 128 valence electrons. The van der Waals surface area contributed by atoms with Crippen molar-refractivity contribution in [3.05, 3.63) is 0 Å². The summed E-state index contributed by atoms with van der Waals surface area (Å²) in [6, 6.07) is 0. The normalized spacial score (nSPS) is 55.2. The summed E-state index contributed by atoms with van der Waals surface area (Å²) in [6.07, 6.45) is 10.2. The second-order valence-corrected chi connectivity index (χ2v) is 9.74. The van der Waals surface area contributed by atoms with E-state index in [0.29, 0.717) is 24.0 Å². The van der Waals surface area contributed by atoms with E-state index in [1.807, 2.05) is 0 Å². The fourth-order valence-electron chi connectivity index (χ4n) is 7.75. The Bertz CT molecular complexity index is 557. The van der Waals surface area contributed by atoms with Crippen LogP contribution in [0.15, 0.2) is 0 Å². The number of carbonyl (C=O) groups excluding carboxylic acids is 2. The minimum absolute atomic E-state index is 0.0342. The molecule has 1 N–H and O–H groups in total. The van der Waals surface area contributed by atoms with E-state index in [-0.39, 0.29) is 22.9 Å². The van der Waals surface area contributed by atoms with Crippen LogP contribution >= 0.6 is 0 Å². The van der Waals surface area contributed by atoms with E-state index in [1.54, 1.807) is 0 Å². The summed E-state index contributed by atoms with van der Waals surface area (Å²) in [6.45, 7) is 4.62. The summed E-state index contributed by atoms with van der Waals surface area (Å²) >= 11 is 0. The largest absolute Gasteiger partial charge is 0.395 e. The Kier molecular flexibility index (Phi) is 3.22. The van der Waals surface area contributed by atoms with E-state index in [4.69, 9.17) is 0 Å². The van der Waals surface area contributed by atoms with Crippen LogP contribution in [0.4, 0.5) is 0 Å². The minimum Gasteiger partial charge on any atom is -0.395 e. The Morgan fingerprint density at radius 2 is 1.87 bits per heavy atom. The third-order valence-electron chi connectivity index (χ3n) is 8.77. The van der Waals surface area contributed by atoms with E-state index in [2.05, 4.69) is 13.8 Å². The SMILES string of the molecule is C[C@@]12CCC[C@@](C)(C=O)[C@H]1CC[C@@]13CC(=O)[C@@](CO)(CC[C@@H]12)C3. The average Bonchev–Trinajstić information content (AvgIpc) is 2.73. The van der Waals surface area contributed by atoms with Gasteiger partial charge in [0, 0.05) is 11.8 Å². The number of fused-ring (bicyclic) bond motifs is 3. The lowest BCUT2D eigenvalue weighted by molar-refractivity contribution is -0.162. The summed E-state index contributed by atoms with van der Waals surface area (Å²) in [5.74, 6) is 1.34. The lowest BCUT2D eigenvalue weighted by Gasteiger charge is -2.63. The van der Waals surface area contributed by atoms with Gasteiger partial charge in [-0.05, 0) is 67.6 Å². The van der Waals surface area contributed by atoms with Gasteiger partial charge in [-0.2, -0.15) is 0 Å². The summed E-state index contributed by atoms with van der Waals surface area (Å²) in [5.41, 5.74) is -0.298. The summed E-state index contributed by atoms with van der Waals surface area (Å²) in [5, 5.41) is 9.88. The van der Waals surface area contributed by atoms with Crippen molar-refractivity contribution >= 4 is 12.1 Å². The topological polar surface area (TPSA) is 54.4 Å². The van der Waals surface area contributed by atoms with Crippen molar-refractivity contribution in [1.29, 1.82) is 0 Å². The first-order valence-electron chi connectivity index (χ1n) is 9.45. The van der Waals surface area contributed by atoms with Crippen LogP contribution in [0.1, 0.15) is 71.6 Å². The van der Waals surface area contributed by atoms with Gasteiger partial charge in [-0.3, -0.25) is 4.79 Å². The molecule has 0 aromatic heterocycles. The van der Waals surface area contributed by atoms with Crippen LogP contribution in [0.5, 0.6) is 0 Å². The Morgan fingerprint density at radius 1 is 1.13 bits per heavy atom. The predicted molar refractivity (Wildman–Crippen MR) is 87.8 cm³/mol. The Balaban J connectivity index is 1.74. The number of aliphatic hydroxyl groups excluding tert-OH is 1. The minimum atomic E-state index is -0.428. The number of hydrogen-bond acceptors (Lipinski definition) is 3. The monoisotopic (exact) mass is 318 g/mol. The zero-order chi connectivity index (χ0) is 16.5. The molecule has 0 aromatic rings. The van der Waals surface area contributed by atoms with E-state index < -0.39 is 5.41 Å². The second-order valence-electron chi connectivity index (χ2n) is 9.74. The highest BCUT2D eigenvalue weighted by Crippen LogP contribution is 2.72. The molecule has 0 aromatic carbocycles. The molecule has 23 heavy (non-hydrogen) atoms. The van der Waals surface area contributed by atoms with Gasteiger partial charge in [-0.1, -0.05) is 20.3 Å². The van der Waals surface area contributed by atoms with Crippen LogP contribution in [-0.4, -0.2) is 23.8 Å². The quantitative estimate of drug-likeness (QED) is 0.792. The zero-order valence-electron chi connectivity index (χ0n) is 14.6. The highest BCUT2D eigenvalue weighted by molar-refractivity contribution is 5.88. The van der Waals surface area contributed by atoms with Crippen molar-refractivity contribution < 1.29 is 14.7 Å².